The number of hydrogen-bond donors (Lipinski definition) is 2. The van der Waals surface area contributed by atoms with Crippen LogP contribution in [0.4, 0.5) is 0 Å². The number of thiazole rings is 1. The van der Waals surface area contributed by atoms with E-state index in [1.807, 2.05) is 31.2 Å². The van der Waals surface area contributed by atoms with Crippen molar-refractivity contribution in [1.82, 2.24) is 10.3 Å². The first-order chi connectivity index (χ1) is 12.3. The minimum absolute atomic E-state index is 0.0369. The van der Waals surface area contributed by atoms with E-state index in [4.69, 9.17) is 5.14 Å². The maximum Gasteiger partial charge on any atom is 0.271 e. The number of benzene rings is 2. The molecule has 6 nitrogen and oxygen atoms in total. The third kappa shape index (κ3) is 4.34. The Morgan fingerprint density at radius 2 is 1.77 bits per heavy atom. The Labute approximate surface area is 155 Å². The molecule has 8 heteroatoms. The zero-order chi connectivity index (χ0) is 18.7. The van der Waals surface area contributed by atoms with Gasteiger partial charge in [0.1, 0.15) is 10.7 Å². The molecular weight excluding hydrogens is 370 g/mol. The Kier molecular flexibility index (Phi) is 5.17. The predicted octanol–water partition coefficient (Wildman–Crippen LogP) is 2.70. The molecule has 26 heavy (non-hydrogen) atoms. The van der Waals surface area contributed by atoms with E-state index in [0.717, 1.165) is 21.7 Å². The van der Waals surface area contributed by atoms with E-state index in [0.29, 0.717) is 5.69 Å². The smallest absolute Gasteiger partial charge is 0.271 e. The molecule has 0 atom stereocenters. The molecule has 3 rings (SSSR count). The van der Waals surface area contributed by atoms with Gasteiger partial charge in [0.15, 0.2) is 0 Å². The first-order valence-corrected chi connectivity index (χ1v) is 10.2. The molecule has 0 fully saturated rings. The second kappa shape index (κ2) is 7.36. The van der Waals surface area contributed by atoms with Gasteiger partial charge >= 0.3 is 0 Å². The van der Waals surface area contributed by atoms with Crippen molar-refractivity contribution in [3.05, 3.63) is 70.7 Å². The number of aromatic nitrogens is 1. The van der Waals surface area contributed by atoms with Crippen molar-refractivity contribution in [3.8, 4) is 10.6 Å². The van der Waals surface area contributed by atoms with E-state index in [9.17, 15) is 13.2 Å². The highest BCUT2D eigenvalue weighted by atomic mass is 32.2. The van der Waals surface area contributed by atoms with Crippen LogP contribution in [0.3, 0.4) is 0 Å². The number of nitrogens with two attached hydrogens (primary N) is 1. The van der Waals surface area contributed by atoms with Crippen molar-refractivity contribution in [1.29, 1.82) is 0 Å². The van der Waals surface area contributed by atoms with Crippen LogP contribution in [0.15, 0.2) is 58.8 Å². The van der Waals surface area contributed by atoms with Crippen molar-refractivity contribution in [2.45, 2.75) is 18.4 Å². The topological polar surface area (TPSA) is 102 Å². The van der Waals surface area contributed by atoms with Crippen LogP contribution in [0.1, 0.15) is 21.6 Å². The van der Waals surface area contributed by atoms with E-state index in [2.05, 4.69) is 10.3 Å². The second-order valence-corrected chi connectivity index (χ2v) is 8.20. The Morgan fingerprint density at radius 3 is 2.38 bits per heavy atom. The van der Waals surface area contributed by atoms with Crippen LogP contribution in [0.5, 0.6) is 0 Å². The molecule has 0 saturated heterocycles. The molecule has 1 aromatic heterocycles. The SMILES string of the molecule is Cc1ccc(-c2nc(C(=O)NCc3ccc(S(N)(=O)=O)cc3)cs2)cc1. The summed E-state index contributed by atoms with van der Waals surface area (Å²) in [6.07, 6.45) is 0. The first kappa shape index (κ1) is 18.2. The summed E-state index contributed by atoms with van der Waals surface area (Å²) in [5.41, 5.74) is 3.25. The quantitative estimate of drug-likeness (QED) is 0.702. The number of rotatable bonds is 5. The van der Waals surface area contributed by atoms with Crippen LogP contribution in [-0.2, 0) is 16.6 Å². The van der Waals surface area contributed by atoms with Gasteiger partial charge in [0, 0.05) is 17.5 Å². The summed E-state index contributed by atoms with van der Waals surface area (Å²) in [5.74, 6) is -0.282. The van der Waals surface area contributed by atoms with Crippen LogP contribution < -0.4 is 10.5 Å². The van der Waals surface area contributed by atoms with Crippen molar-refractivity contribution in [3.63, 3.8) is 0 Å². The maximum atomic E-state index is 12.3. The highest BCUT2D eigenvalue weighted by molar-refractivity contribution is 7.89. The highest BCUT2D eigenvalue weighted by Gasteiger charge is 2.12. The van der Waals surface area contributed by atoms with Gasteiger partial charge in [0.2, 0.25) is 10.0 Å². The third-order valence-electron chi connectivity index (χ3n) is 3.74. The molecule has 0 aliphatic carbocycles. The molecule has 1 amide bonds. The lowest BCUT2D eigenvalue weighted by Gasteiger charge is -2.04. The van der Waals surface area contributed by atoms with E-state index in [1.54, 1.807) is 17.5 Å². The van der Waals surface area contributed by atoms with Crippen molar-refractivity contribution < 1.29 is 13.2 Å². The molecule has 0 aliphatic rings. The zero-order valence-electron chi connectivity index (χ0n) is 14.0. The summed E-state index contributed by atoms with van der Waals surface area (Å²) in [5, 5.41) is 10.3. The number of carbonyl (C=O) groups is 1. The Hall–Kier alpha value is -2.55. The Morgan fingerprint density at radius 1 is 1.12 bits per heavy atom. The van der Waals surface area contributed by atoms with Gasteiger partial charge < -0.3 is 5.32 Å². The molecule has 0 aliphatic heterocycles. The lowest BCUT2D eigenvalue weighted by Crippen LogP contribution is -2.23. The summed E-state index contributed by atoms with van der Waals surface area (Å²) >= 11 is 1.41. The van der Waals surface area contributed by atoms with E-state index in [1.165, 1.54) is 23.5 Å². The van der Waals surface area contributed by atoms with Gasteiger partial charge in [-0.3, -0.25) is 4.79 Å². The second-order valence-electron chi connectivity index (χ2n) is 5.78. The largest absolute Gasteiger partial charge is 0.347 e. The fourth-order valence-electron chi connectivity index (χ4n) is 2.28. The molecule has 1 heterocycles. The molecule has 0 unspecified atom stereocenters. The molecule has 0 radical (unpaired) electrons. The number of primary sulfonamides is 1. The van der Waals surface area contributed by atoms with Gasteiger partial charge in [-0.1, -0.05) is 42.0 Å². The lowest BCUT2D eigenvalue weighted by molar-refractivity contribution is 0.0946. The number of sulfonamides is 1. The van der Waals surface area contributed by atoms with E-state index >= 15 is 0 Å². The fraction of sp³-hybridized carbons (Fsp3) is 0.111. The van der Waals surface area contributed by atoms with Gasteiger partial charge in [0.05, 0.1) is 4.90 Å². The predicted molar refractivity (Wildman–Crippen MR) is 101 cm³/mol. The highest BCUT2D eigenvalue weighted by Crippen LogP contribution is 2.24. The van der Waals surface area contributed by atoms with Crippen LogP contribution in [-0.4, -0.2) is 19.3 Å². The fourth-order valence-corrected chi connectivity index (χ4v) is 3.60. The maximum absolute atomic E-state index is 12.3. The molecule has 134 valence electrons. The van der Waals surface area contributed by atoms with Gasteiger partial charge in [-0.25, -0.2) is 18.5 Å². The first-order valence-electron chi connectivity index (χ1n) is 7.75. The van der Waals surface area contributed by atoms with Crippen LogP contribution in [0.2, 0.25) is 0 Å². The number of carbonyl (C=O) groups excluding carboxylic acids is 1. The molecular formula is C18H17N3O3S2. The number of nitrogens with one attached hydrogen (secondary N) is 1. The van der Waals surface area contributed by atoms with Crippen LogP contribution in [0, 0.1) is 6.92 Å². The van der Waals surface area contributed by atoms with Gasteiger partial charge in [-0.2, -0.15) is 0 Å². The number of aryl methyl sites for hydroxylation is 1. The van der Waals surface area contributed by atoms with Gasteiger partial charge in [-0.05, 0) is 24.6 Å². The summed E-state index contributed by atoms with van der Waals surface area (Å²) in [6.45, 7) is 2.28. The van der Waals surface area contributed by atoms with E-state index in [-0.39, 0.29) is 17.3 Å². The Bertz CT molecular complexity index is 1020. The summed E-state index contributed by atoms with van der Waals surface area (Å²) in [6, 6.07) is 14.0. The van der Waals surface area contributed by atoms with Gasteiger partial charge in [-0.15, -0.1) is 11.3 Å². The number of nitrogens with zero attached hydrogens (tertiary/aromatic N) is 1. The lowest BCUT2D eigenvalue weighted by atomic mass is 10.2. The van der Waals surface area contributed by atoms with Crippen molar-refractivity contribution in [2.75, 3.05) is 0 Å². The zero-order valence-corrected chi connectivity index (χ0v) is 15.6. The minimum Gasteiger partial charge on any atom is -0.347 e. The third-order valence-corrected chi connectivity index (χ3v) is 5.56. The van der Waals surface area contributed by atoms with E-state index < -0.39 is 10.0 Å². The number of hydrogen-bond acceptors (Lipinski definition) is 5. The molecule has 3 aromatic rings. The van der Waals surface area contributed by atoms with Crippen LogP contribution >= 0.6 is 11.3 Å². The van der Waals surface area contributed by atoms with Gasteiger partial charge in [0.25, 0.3) is 5.91 Å². The van der Waals surface area contributed by atoms with Crippen molar-refractivity contribution in [2.24, 2.45) is 5.14 Å². The van der Waals surface area contributed by atoms with Crippen molar-refractivity contribution >= 4 is 27.3 Å². The average molecular weight is 387 g/mol. The monoisotopic (exact) mass is 387 g/mol. The molecule has 0 saturated carbocycles. The minimum atomic E-state index is -3.72. The summed E-state index contributed by atoms with van der Waals surface area (Å²) in [7, 11) is -3.72. The molecule has 2 aromatic carbocycles. The number of amides is 1. The standard InChI is InChI=1S/C18H17N3O3S2/c1-12-2-6-14(7-3-12)18-21-16(11-25-18)17(22)20-10-13-4-8-15(9-5-13)26(19,23)24/h2-9,11H,10H2,1H3,(H,20,22)(H2,19,23,24). The Balaban J connectivity index is 1.64. The molecule has 3 N–H and O–H groups in total. The van der Waals surface area contributed by atoms with Crippen LogP contribution in [0.25, 0.3) is 10.6 Å². The normalized spacial score (nSPS) is 11.3. The molecule has 0 bridgehead atoms. The average Bonchev–Trinajstić information content (AvgIpc) is 3.10. The summed E-state index contributed by atoms with van der Waals surface area (Å²) < 4.78 is 22.5. The molecule has 0 spiro atoms. The summed E-state index contributed by atoms with van der Waals surface area (Å²) in [4.78, 5) is 16.7.